The van der Waals surface area contributed by atoms with Crippen LogP contribution in [0.1, 0.15) is 24.5 Å². The Hall–Kier alpha value is -0.950. The van der Waals surface area contributed by atoms with Gasteiger partial charge in [-0.15, -0.1) is 0 Å². The normalized spacial score (nSPS) is 13.7. The Morgan fingerprint density at radius 3 is 2.40 bits per heavy atom. The first-order valence-corrected chi connectivity index (χ1v) is 8.41. The van der Waals surface area contributed by atoms with E-state index < -0.39 is 10.0 Å². The van der Waals surface area contributed by atoms with Crippen LogP contribution in [0.2, 0.25) is 0 Å². The third kappa shape index (κ3) is 6.00. The summed E-state index contributed by atoms with van der Waals surface area (Å²) in [5, 5.41) is 0. The van der Waals surface area contributed by atoms with Crippen LogP contribution in [0.5, 0.6) is 0 Å². The number of hydrogen-bond donors (Lipinski definition) is 2. The first kappa shape index (κ1) is 17.1. The maximum absolute atomic E-state index is 12.2. The molecule has 20 heavy (non-hydrogen) atoms. The van der Waals surface area contributed by atoms with Gasteiger partial charge < -0.3 is 10.6 Å². The average molecular weight is 299 g/mol. The van der Waals surface area contributed by atoms with Gasteiger partial charge in [-0.2, -0.15) is 0 Å². The smallest absolute Gasteiger partial charge is 0.216 e. The molecule has 1 unspecified atom stereocenters. The number of nitrogens with zero attached hydrogens (tertiary/aromatic N) is 1. The van der Waals surface area contributed by atoms with Crippen molar-refractivity contribution in [1.29, 1.82) is 0 Å². The summed E-state index contributed by atoms with van der Waals surface area (Å²) in [5.74, 6) is -0.0212. The Morgan fingerprint density at radius 2 is 1.85 bits per heavy atom. The molecule has 0 fully saturated rings. The van der Waals surface area contributed by atoms with Crippen molar-refractivity contribution in [3.8, 4) is 0 Å². The molecule has 5 nitrogen and oxygen atoms in total. The molecule has 0 aliphatic rings. The van der Waals surface area contributed by atoms with E-state index in [1.54, 1.807) is 0 Å². The number of rotatable bonds is 8. The van der Waals surface area contributed by atoms with Crippen LogP contribution in [0.4, 0.5) is 0 Å². The van der Waals surface area contributed by atoms with Gasteiger partial charge in [0, 0.05) is 12.6 Å². The quantitative estimate of drug-likeness (QED) is 0.748. The molecule has 1 aromatic carbocycles. The molecule has 0 heterocycles. The highest BCUT2D eigenvalue weighted by Crippen LogP contribution is 2.12. The fourth-order valence-corrected chi connectivity index (χ4v) is 3.47. The molecule has 0 saturated heterocycles. The Bertz CT molecular complexity index is 515. The van der Waals surface area contributed by atoms with Crippen molar-refractivity contribution in [1.82, 2.24) is 9.62 Å². The molecule has 0 bridgehead atoms. The molecule has 0 aliphatic carbocycles. The lowest BCUT2D eigenvalue weighted by Gasteiger charge is -2.17. The van der Waals surface area contributed by atoms with Gasteiger partial charge in [-0.25, -0.2) is 13.1 Å². The lowest BCUT2D eigenvalue weighted by molar-refractivity contribution is 0.379. The van der Waals surface area contributed by atoms with Crippen LogP contribution in [0.25, 0.3) is 0 Å². The largest absolute Gasteiger partial charge is 0.326 e. The van der Waals surface area contributed by atoms with Gasteiger partial charge in [-0.3, -0.25) is 0 Å². The van der Waals surface area contributed by atoms with E-state index in [9.17, 15) is 8.42 Å². The number of nitrogens with one attached hydrogen (secondary N) is 1. The van der Waals surface area contributed by atoms with Crippen LogP contribution in [0, 0.1) is 0 Å². The van der Waals surface area contributed by atoms with Crippen molar-refractivity contribution in [2.45, 2.75) is 31.7 Å². The predicted molar refractivity (Wildman–Crippen MR) is 82.7 cm³/mol. The van der Waals surface area contributed by atoms with E-state index in [1.807, 2.05) is 50.2 Å². The molecule has 0 radical (unpaired) electrons. The van der Waals surface area contributed by atoms with Gasteiger partial charge in [-0.05, 0) is 45.1 Å². The van der Waals surface area contributed by atoms with Crippen molar-refractivity contribution < 1.29 is 8.42 Å². The number of benzene rings is 1. The molecular formula is C14H25N3O2S. The van der Waals surface area contributed by atoms with Crippen molar-refractivity contribution in [2.75, 3.05) is 20.6 Å². The number of sulfonamides is 1. The Kier molecular flexibility index (Phi) is 6.61. The van der Waals surface area contributed by atoms with E-state index >= 15 is 0 Å². The molecule has 0 amide bonds. The van der Waals surface area contributed by atoms with Crippen LogP contribution in [0.3, 0.4) is 0 Å². The van der Waals surface area contributed by atoms with Crippen LogP contribution in [-0.4, -0.2) is 40.0 Å². The summed E-state index contributed by atoms with van der Waals surface area (Å²) < 4.78 is 27.0. The topological polar surface area (TPSA) is 75.4 Å². The molecule has 114 valence electrons. The van der Waals surface area contributed by atoms with Gasteiger partial charge in [-0.1, -0.05) is 24.3 Å². The highest BCUT2D eigenvalue weighted by atomic mass is 32.2. The van der Waals surface area contributed by atoms with Gasteiger partial charge in [0.05, 0.1) is 5.75 Å². The first-order chi connectivity index (χ1) is 9.34. The van der Waals surface area contributed by atoms with E-state index in [-0.39, 0.29) is 11.8 Å². The molecule has 0 saturated carbocycles. The SMILES string of the molecule is CC(CCN(C)C)NS(=O)(=O)Cc1ccccc1CN. The Labute approximate surface area is 122 Å². The minimum absolute atomic E-state index is 0.0212. The van der Waals surface area contributed by atoms with Gasteiger partial charge in [0.25, 0.3) is 0 Å². The molecule has 1 rings (SSSR count). The zero-order valence-electron chi connectivity index (χ0n) is 12.5. The van der Waals surface area contributed by atoms with Crippen molar-refractivity contribution in [3.63, 3.8) is 0 Å². The highest BCUT2D eigenvalue weighted by molar-refractivity contribution is 7.88. The van der Waals surface area contributed by atoms with Crippen LogP contribution >= 0.6 is 0 Å². The molecule has 1 atom stereocenters. The van der Waals surface area contributed by atoms with E-state index in [0.29, 0.717) is 6.54 Å². The van der Waals surface area contributed by atoms with Gasteiger partial charge in [0.2, 0.25) is 10.0 Å². The number of nitrogens with two attached hydrogens (primary N) is 1. The first-order valence-electron chi connectivity index (χ1n) is 6.75. The second-order valence-electron chi connectivity index (χ2n) is 5.34. The van der Waals surface area contributed by atoms with Crippen molar-refractivity contribution >= 4 is 10.0 Å². The summed E-state index contributed by atoms with van der Waals surface area (Å²) in [4.78, 5) is 2.04. The van der Waals surface area contributed by atoms with E-state index in [0.717, 1.165) is 24.1 Å². The molecule has 0 aliphatic heterocycles. The van der Waals surface area contributed by atoms with E-state index in [4.69, 9.17) is 5.73 Å². The van der Waals surface area contributed by atoms with Gasteiger partial charge in [0.15, 0.2) is 0 Å². The van der Waals surface area contributed by atoms with Gasteiger partial charge in [0.1, 0.15) is 0 Å². The Morgan fingerprint density at radius 1 is 1.25 bits per heavy atom. The summed E-state index contributed by atoms with van der Waals surface area (Å²) in [6.07, 6.45) is 0.783. The maximum atomic E-state index is 12.2. The third-order valence-corrected chi connectivity index (χ3v) is 4.53. The van der Waals surface area contributed by atoms with Crippen molar-refractivity contribution in [3.05, 3.63) is 35.4 Å². The standard InChI is InChI=1S/C14H25N3O2S/c1-12(8-9-17(2)3)16-20(18,19)11-14-7-5-4-6-13(14)10-15/h4-7,12,16H,8-11,15H2,1-3H3. The zero-order valence-corrected chi connectivity index (χ0v) is 13.3. The second kappa shape index (κ2) is 7.73. The summed E-state index contributed by atoms with van der Waals surface area (Å²) in [6.45, 7) is 3.08. The average Bonchev–Trinajstić information content (AvgIpc) is 2.36. The van der Waals surface area contributed by atoms with Crippen LogP contribution in [0.15, 0.2) is 24.3 Å². The minimum atomic E-state index is -3.34. The molecule has 0 aromatic heterocycles. The molecule has 1 aromatic rings. The van der Waals surface area contributed by atoms with E-state index in [1.165, 1.54) is 0 Å². The van der Waals surface area contributed by atoms with Crippen LogP contribution in [-0.2, 0) is 22.3 Å². The second-order valence-corrected chi connectivity index (χ2v) is 7.10. The fourth-order valence-electron chi connectivity index (χ4n) is 1.96. The molecular weight excluding hydrogens is 274 g/mol. The van der Waals surface area contributed by atoms with Gasteiger partial charge >= 0.3 is 0 Å². The summed E-state index contributed by atoms with van der Waals surface area (Å²) in [6, 6.07) is 7.30. The lowest BCUT2D eigenvalue weighted by Crippen LogP contribution is -2.35. The van der Waals surface area contributed by atoms with Crippen LogP contribution < -0.4 is 10.5 Å². The summed E-state index contributed by atoms with van der Waals surface area (Å²) in [7, 11) is 0.603. The molecule has 6 heteroatoms. The zero-order chi connectivity index (χ0) is 15.2. The molecule has 3 N–H and O–H groups in total. The summed E-state index contributed by atoms with van der Waals surface area (Å²) in [5.41, 5.74) is 7.27. The van der Waals surface area contributed by atoms with Crippen molar-refractivity contribution in [2.24, 2.45) is 5.73 Å². The molecule has 0 spiro atoms. The van der Waals surface area contributed by atoms with E-state index in [2.05, 4.69) is 4.72 Å². The fraction of sp³-hybridized carbons (Fsp3) is 0.571. The number of hydrogen-bond acceptors (Lipinski definition) is 4. The Balaban J connectivity index is 2.65. The third-order valence-electron chi connectivity index (χ3n) is 3.07. The summed E-state index contributed by atoms with van der Waals surface area (Å²) >= 11 is 0. The monoisotopic (exact) mass is 299 g/mol. The lowest BCUT2D eigenvalue weighted by atomic mass is 10.1. The maximum Gasteiger partial charge on any atom is 0.216 e. The highest BCUT2D eigenvalue weighted by Gasteiger charge is 2.16. The predicted octanol–water partition coefficient (Wildman–Crippen LogP) is 0.905. The minimum Gasteiger partial charge on any atom is -0.326 e.